The number of amides is 1. The quantitative estimate of drug-likeness (QED) is 0.741. The zero-order valence-corrected chi connectivity index (χ0v) is 10.7. The summed E-state index contributed by atoms with van der Waals surface area (Å²) in [4.78, 5) is 11.0. The third-order valence-electron chi connectivity index (χ3n) is 2.47. The molecule has 0 heterocycles. The van der Waals surface area contributed by atoms with Crippen molar-refractivity contribution in [3.63, 3.8) is 0 Å². The molecule has 0 atom stereocenters. The number of ether oxygens (including phenoxy) is 1. The summed E-state index contributed by atoms with van der Waals surface area (Å²) in [7, 11) is 3.60. The fraction of sp³-hybridized carbons (Fsp3) is 0.462. The van der Waals surface area contributed by atoms with Gasteiger partial charge in [-0.3, -0.25) is 4.79 Å². The highest BCUT2D eigenvalue weighted by molar-refractivity contribution is 5.88. The van der Waals surface area contributed by atoms with Crippen molar-refractivity contribution in [1.29, 1.82) is 0 Å². The van der Waals surface area contributed by atoms with Gasteiger partial charge in [0.1, 0.15) is 5.75 Å². The molecule has 0 spiro atoms. The Balaban J connectivity index is 2.78. The normalized spacial score (nSPS) is 10.1. The lowest BCUT2D eigenvalue weighted by Gasteiger charge is -2.11. The van der Waals surface area contributed by atoms with Crippen LogP contribution in [0, 0.1) is 0 Å². The number of hydrogen-bond acceptors (Lipinski definition) is 3. The lowest BCUT2D eigenvalue weighted by atomic mass is 10.1. The molecule has 0 radical (unpaired) electrons. The molecule has 1 amide bonds. The standard InChI is InChI=1S/C13H20N2O2/c1-10(16)15-12-6-7-13(17-3)11(9-12)5-4-8-14-2/h6-7,9,14H,4-5,8H2,1-3H3,(H,15,16). The van der Waals surface area contributed by atoms with Crippen LogP contribution in [-0.4, -0.2) is 26.6 Å². The van der Waals surface area contributed by atoms with Crippen LogP contribution in [-0.2, 0) is 11.2 Å². The van der Waals surface area contributed by atoms with E-state index in [9.17, 15) is 4.79 Å². The van der Waals surface area contributed by atoms with Crippen LogP contribution in [0.15, 0.2) is 18.2 Å². The molecule has 0 unspecified atom stereocenters. The second-order valence-electron chi connectivity index (χ2n) is 3.91. The van der Waals surface area contributed by atoms with Gasteiger partial charge in [-0.1, -0.05) is 0 Å². The molecule has 0 aromatic heterocycles. The van der Waals surface area contributed by atoms with E-state index in [0.29, 0.717) is 0 Å². The SMILES string of the molecule is CNCCCc1cc(NC(C)=O)ccc1OC. The Kier molecular flexibility index (Phi) is 5.49. The highest BCUT2D eigenvalue weighted by atomic mass is 16.5. The Morgan fingerprint density at radius 3 is 2.76 bits per heavy atom. The van der Waals surface area contributed by atoms with Gasteiger partial charge in [-0.25, -0.2) is 0 Å². The first-order valence-electron chi connectivity index (χ1n) is 5.76. The van der Waals surface area contributed by atoms with Crippen LogP contribution in [0.2, 0.25) is 0 Å². The van der Waals surface area contributed by atoms with Crippen LogP contribution in [0.1, 0.15) is 18.9 Å². The first-order valence-corrected chi connectivity index (χ1v) is 5.76. The Hall–Kier alpha value is -1.55. The maximum atomic E-state index is 11.0. The van der Waals surface area contributed by atoms with E-state index in [0.717, 1.165) is 36.4 Å². The average Bonchev–Trinajstić information content (AvgIpc) is 2.29. The van der Waals surface area contributed by atoms with Gasteiger partial charge >= 0.3 is 0 Å². The van der Waals surface area contributed by atoms with Crippen LogP contribution in [0.25, 0.3) is 0 Å². The zero-order valence-electron chi connectivity index (χ0n) is 10.7. The van der Waals surface area contributed by atoms with E-state index in [2.05, 4.69) is 10.6 Å². The first-order chi connectivity index (χ1) is 8.17. The predicted molar refractivity (Wildman–Crippen MR) is 69.5 cm³/mol. The molecule has 0 aliphatic carbocycles. The second kappa shape index (κ2) is 6.91. The van der Waals surface area contributed by atoms with Gasteiger partial charge in [-0.05, 0) is 50.2 Å². The molecule has 2 N–H and O–H groups in total. The van der Waals surface area contributed by atoms with E-state index in [1.54, 1.807) is 7.11 Å². The van der Waals surface area contributed by atoms with Gasteiger partial charge in [0, 0.05) is 12.6 Å². The van der Waals surface area contributed by atoms with Crippen molar-refractivity contribution in [3.8, 4) is 5.75 Å². The summed E-state index contributed by atoms with van der Waals surface area (Å²) in [6.07, 6.45) is 1.97. The minimum Gasteiger partial charge on any atom is -0.496 e. The number of methoxy groups -OCH3 is 1. The van der Waals surface area contributed by atoms with Gasteiger partial charge in [0.2, 0.25) is 5.91 Å². The monoisotopic (exact) mass is 236 g/mol. The Bertz CT molecular complexity index is 378. The van der Waals surface area contributed by atoms with E-state index in [1.807, 2.05) is 25.2 Å². The summed E-state index contributed by atoms with van der Waals surface area (Å²) < 4.78 is 5.30. The molecule has 0 aliphatic rings. The van der Waals surface area contributed by atoms with Crippen LogP contribution in [0.5, 0.6) is 5.75 Å². The lowest BCUT2D eigenvalue weighted by molar-refractivity contribution is -0.114. The predicted octanol–water partition coefficient (Wildman–Crippen LogP) is 1.81. The van der Waals surface area contributed by atoms with E-state index in [1.165, 1.54) is 6.92 Å². The van der Waals surface area contributed by atoms with Crippen molar-refractivity contribution in [2.45, 2.75) is 19.8 Å². The van der Waals surface area contributed by atoms with Crippen molar-refractivity contribution in [3.05, 3.63) is 23.8 Å². The molecular weight excluding hydrogens is 216 g/mol. The molecule has 0 saturated heterocycles. The Morgan fingerprint density at radius 1 is 1.41 bits per heavy atom. The van der Waals surface area contributed by atoms with Gasteiger partial charge < -0.3 is 15.4 Å². The molecule has 17 heavy (non-hydrogen) atoms. The molecule has 4 heteroatoms. The minimum absolute atomic E-state index is 0.0589. The lowest BCUT2D eigenvalue weighted by Crippen LogP contribution is -2.09. The van der Waals surface area contributed by atoms with Crippen molar-refractivity contribution in [2.75, 3.05) is 26.0 Å². The van der Waals surface area contributed by atoms with Gasteiger partial charge in [0.25, 0.3) is 0 Å². The maximum absolute atomic E-state index is 11.0. The summed E-state index contributed by atoms with van der Waals surface area (Å²) >= 11 is 0. The third-order valence-corrected chi connectivity index (χ3v) is 2.47. The van der Waals surface area contributed by atoms with Crippen molar-refractivity contribution >= 4 is 11.6 Å². The molecule has 1 rings (SSSR count). The summed E-state index contributed by atoms with van der Waals surface area (Å²) in [5, 5.41) is 5.89. The summed E-state index contributed by atoms with van der Waals surface area (Å²) in [5.41, 5.74) is 1.94. The van der Waals surface area contributed by atoms with Crippen LogP contribution >= 0.6 is 0 Å². The van der Waals surface area contributed by atoms with Crippen LogP contribution < -0.4 is 15.4 Å². The molecule has 1 aromatic carbocycles. The third kappa shape index (κ3) is 4.44. The highest BCUT2D eigenvalue weighted by Crippen LogP contribution is 2.23. The number of anilines is 1. The van der Waals surface area contributed by atoms with Gasteiger partial charge in [0.15, 0.2) is 0 Å². The smallest absolute Gasteiger partial charge is 0.221 e. The van der Waals surface area contributed by atoms with Crippen molar-refractivity contribution < 1.29 is 9.53 Å². The average molecular weight is 236 g/mol. The zero-order chi connectivity index (χ0) is 12.7. The number of aryl methyl sites for hydroxylation is 1. The molecule has 0 bridgehead atoms. The molecule has 0 aliphatic heterocycles. The minimum atomic E-state index is -0.0589. The number of carbonyl (C=O) groups is 1. The number of hydrogen-bond donors (Lipinski definition) is 2. The van der Waals surface area contributed by atoms with Gasteiger partial charge in [0.05, 0.1) is 7.11 Å². The Morgan fingerprint density at radius 2 is 2.18 bits per heavy atom. The molecule has 0 saturated carbocycles. The van der Waals surface area contributed by atoms with Crippen molar-refractivity contribution in [1.82, 2.24) is 5.32 Å². The van der Waals surface area contributed by atoms with Gasteiger partial charge in [-0.15, -0.1) is 0 Å². The van der Waals surface area contributed by atoms with E-state index in [-0.39, 0.29) is 5.91 Å². The largest absolute Gasteiger partial charge is 0.496 e. The molecule has 4 nitrogen and oxygen atoms in total. The summed E-state index contributed by atoms with van der Waals surface area (Å²) in [5.74, 6) is 0.812. The number of rotatable bonds is 6. The molecular formula is C13H20N2O2. The molecule has 1 aromatic rings. The fourth-order valence-corrected chi connectivity index (χ4v) is 1.71. The summed E-state index contributed by atoms with van der Waals surface area (Å²) in [6, 6.07) is 5.71. The van der Waals surface area contributed by atoms with E-state index >= 15 is 0 Å². The topological polar surface area (TPSA) is 50.4 Å². The number of carbonyl (C=O) groups excluding carboxylic acids is 1. The van der Waals surface area contributed by atoms with E-state index < -0.39 is 0 Å². The van der Waals surface area contributed by atoms with E-state index in [4.69, 9.17) is 4.74 Å². The molecule has 0 fully saturated rings. The maximum Gasteiger partial charge on any atom is 0.221 e. The second-order valence-corrected chi connectivity index (χ2v) is 3.91. The number of nitrogens with one attached hydrogen (secondary N) is 2. The van der Waals surface area contributed by atoms with Crippen LogP contribution in [0.3, 0.4) is 0 Å². The van der Waals surface area contributed by atoms with Crippen LogP contribution in [0.4, 0.5) is 5.69 Å². The first kappa shape index (κ1) is 13.5. The molecule has 94 valence electrons. The fourth-order valence-electron chi connectivity index (χ4n) is 1.71. The number of benzene rings is 1. The summed E-state index contributed by atoms with van der Waals surface area (Å²) in [6.45, 7) is 2.47. The Labute approximate surface area is 102 Å². The highest BCUT2D eigenvalue weighted by Gasteiger charge is 2.05. The van der Waals surface area contributed by atoms with Crippen molar-refractivity contribution in [2.24, 2.45) is 0 Å². The van der Waals surface area contributed by atoms with Gasteiger partial charge in [-0.2, -0.15) is 0 Å².